The summed E-state index contributed by atoms with van der Waals surface area (Å²) in [6.07, 6.45) is 3.92. The Morgan fingerprint density at radius 2 is 1.46 bits per heavy atom. The number of likely N-dealkylation sites (tertiary alicyclic amines) is 1. The molecule has 6 heteroatoms. The van der Waals surface area contributed by atoms with Crippen LogP contribution in [-0.4, -0.2) is 42.6 Å². The molecule has 0 aliphatic carbocycles. The number of carbonyl (C=O) groups is 1. The summed E-state index contributed by atoms with van der Waals surface area (Å²) >= 11 is 12.4. The van der Waals surface area contributed by atoms with Gasteiger partial charge in [-0.2, -0.15) is 0 Å². The molecule has 1 heterocycles. The molecule has 0 radical (unpaired) electrons. The van der Waals surface area contributed by atoms with Gasteiger partial charge in [0.1, 0.15) is 0 Å². The first-order valence-corrected chi connectivity index (χ1v) is 12.9. The number of benzene rings is 3. The van der Waals surface area contributed by atoms with Crippen molar-refractivity contribution in [1.29, 1.82) is 0 Å². The maximum absolute atomic E-state index is 11.3. The third-order valence-electron chi connectivity index (χ3n) is 7.30. The molecule has 0 aromatic heterocycles. The van der Waals surface area contributed by atoms with Crippen LogP contribution in [0.15, 0.2) is 78.9 Å². The summed E-state index contributed by atoms with van der Waals surface area (Å²) in [5.41, 5.74) is 1.98. The van der Waals surface area contributed by atoms with Crippen molar-refractivity contribution in [2.24, 2.45) is 0 Å². The average molecular weight is 511 g/mol. The van der Waals surface area contributed by atoms with Gasteiger partial charge in [-0.3, -0.25) is 4.79 Å². The zero-order chi connectivity index (χ0) is 24.7. The van der Waals surface area contributed by atoms with E-state index < -0.39 is 5.60 Å². The first kappa shape index (κ1) is 25.7. The number of halogens is 2. The van der Waals surface area contributed by atoms with Crippen molar-refractivity contribution in [1.82, 2.24) is 10.2 Å². The van der Waals surface area contributed by atoms with E-state index in [1.165, 1.54) is 11.1 Å². The molecule has 0 atom stereocenters. The molecule has 0 spiro atoms. The van der Waals surface area contributed by atoms with Crippen LogP contribution in [0.4, 0.5) is 0 Å². The lowest BCUT2D eigenvalue weighted by Gasteiger charge is -2.40. The number of piperidine rings is 1. The Morgan fingerprint density at radius 3 is 1.97 bits per heavy atom. The van der Waals surface area contributed by atoms with Crippen LogP contribution in [0.5, 0.6) is 0 Å². The number of hydrogen-bond donors (Lipinski definition) is 2. The molecule has 1 aliphatic rings. The van der Waals surface area contributed by atoms with E-state index >= 15 is 0 Å². The van der Waals surface area contributed by atoms with E-state index in [1.54, 1.807) is 6.07 Å². The quantitative estimate of drug-likeness (QED) is 0.339. The zero-order valence-electron chi connectivity index (χ0n) is 19.8. The van der Waals surface area contributed by atoms with Crippen molar-refractivity contribution in [3.63, 3.8) is 0 Å². The lowest BCUT2D eigenvalue weighted by Crippen LogP contribution is -2.44. The van der Waals surface area contributed by atoms with Gasteiger partial charge in [-0.1, -0.05) is 83.9 Å². The largest absolute Gasteiger partial charge is 0.385 e. The summed E-state index contributed by atoms with van der Waals surface area (Å²) in [4.78, 5) is 13.7. The Hall–Kier alpha value is -2.37. The highest BCUT2D eigenvalue weighted by molar-refractivity contribution is 6.34. The van der Waals surface area contributed by atoms with Crippen molar-refractivity contribution in [2.45, 2.75) is 36.7 Å². The van der Waals surface area contributed by atoms with Crippen molar-refractivity contribution in [2.75, 3.05) is 26.2 Å². The zero-order valence-corrected chi connectivity index (χ0v) is 21.3. The van der Waals surface area contributed by atoms with E-state index in [0.717, 1.165) is 44.4 Å². The van der Waals surface area contributed by atoms with Crippen LogP contribution in [0, 0.1) is 0 Å². The Labute approximate surface area is 217 Å². The number of rotatable bonds is 10. The topological polar surface area (TPSA) is 52.6 Å². The molecule has 1 saturated heterocycles. The lowest BCUT2D eigenvalue weighted by molar-refractivity contribution is -0.109. The summed E-state index contributed by atoms with van der Waals surface area (Å²) in [6, 6.07) is 26.2. The van der Waals surface area contributed by atoms with Crippen LogP contribution in [0.1, 0.15) is 42.4 Å². The Morgan fingerprint density at radius 1 is 0.914 bits per heavy atom. The molecule has 1 fully saturated rings. The van der Waals surface area contributed by atoms with Crippen LogP contribution in [0.25, 0.3) is 0 Å². The highest BCUT2D eigenvalue weighted by atomic mass is 35.5. The van der Waals surface area contributed by atoms with E-state index in [0.29, 0.717) is 29.4 Å². The second kappa shape index (κ2) is 11.6. The van der Waals surface area contributed by atoms with Crippen LogP contribution in [-0.2, 0) is 15.8 Å². The summed E-state index contributed by atoms with van der Waals surface area (Å²) < 4.78 is 0. The number of hydrogen-bond acceptors (Lipinski definition) is 3. The van der Waals surface area contributed by atoms with Crippen molar-refractivity contribution in [3.05, 3.63) is 106 Å². The molecule has 1 aliphatic heterocycles. The molecule has 2 N–H and O–H groups in total. The monoisotopic (exact) mass is 510 g/mol. The number of nitrogens with zero attached hydrogens (tertiary/aromatic N) is 1. The number of nitrogens with one attached hydrogen (secondary N) is 1. The third-order valence-corrected chi connectivity index (χ3v) is 7.74. The van der Waals surface area contributed by atoms with Gasteiger partial charge in [-0.15, -0.1) is 0 Å². The van der Waals surface area contributed by atoms with E-state index in [2.05, 4.69) is 58.7 Å². The minimum absolute atomic E-state index is 0.308. The molecule has 0 unspecified atom stereocenters. The summed E-state index contributed by atoms with van der Waals surface area (Å²) in [5.74, 6) is 0. The van der Waals surface area contributed by atoms with Gasteiger partial charge in [0.25, 0.3) is 0 Å². The highest BCUT2D eigenvalue weighted by Crippen LogP contribution is 2.38. The molecule has 3 aromatic rings. The lowest BCUT2D eigenvalue weighted by atomic mass is 9.71. The SMILES string of the molecule is O=CNCC(CCCN1CCC(O)(c2cc(Cl)cc(Cl)c2)CC1)(c1ccccc1)c1ccccc1. The van der Waals surface area contributed by atoms with Crippen LogP contribution >= 0.6 is 23.2 Å². The summed E-state index contributed by atoms with van der Waals surface area (Å²) in [7, 11) is 0. The van der Waals surface area contributed by atoms with E-state index in [4.69, 9.17) is 23.2 Å². The Kier molecular flexibility index (Phi) is 8.51. The molecular formula is C29H32Cl2N2O2. The van der Waals surface area contributed by atoms with Crippen molar-refractivity contribution in [3.8, 4) is 0 Å². The van der Waals surface area contributed by atoms with Crippen molar-refractivity contribution < 1.29 is 9.90 Å². The summed E-state index contributed by atoms with van der Waals surface area (Å²) in [6.45, 7) is 3.07. The number of amides is 1. The molecule has 184 valence electrons. The average Bonchev–Trinajstić information content (AvgIpc) is 2.88. The molecule has 0 bridgehead atoms. The molecule has 0 saturated carbocycles. The molecule has 3 aromatic carbocycles. The van der Waals surface area contributed by atoms with Gasteiger partial charge in [-0.25, -0.2) is 0 Å². The first-order valence-electron chi connectivity index (χ1n) is 12.1. The third kappa shape index (κ3) is 6.07. The fourth-order valence-electron chi connectivity index (χ4n) is 5.34. The van der Waals surface area contributed by atoms with Gasteiger partial charge in [0.05, 0.1) is 5.60 Å². The van der Waals surface area contributed by atoms with E-state index in [9.17, 15) is 9.90 Å². The van der Waals surface area contributed by atoms with Gasteiger partial charge in [-0.05, 0) is 67.1 Å². The molecule has 4 nitrogen and oxygen atoms in total. The van der Waals surface area contributed by atoms with E-state index in [1.807, 2.05) is 24.3 Å². The minimum Gasteiger partial charge on any atom is -0.385 e. The fraction of sp³-hybridized carbons (Fsp3) is 0.345. The van der Waals surface area contributed by atoms with Crippen LogP contribution in [0.2, 0.25) is 10.0 Å². The van der Waals surface area contributed by atoms with Gasteiger partial charge in [0.15, 0.2) is 0 Å². The van der Waals surface area contributed by atoms with Gasteiger partial charge >= 0.3 is 0 Å². The molecule has 4 rings (SSSR count). The van der Waals surface area contributed by atoms with Gasteiger partial charge < -0.3 is 15.3 Å². The predicted octanol–water partition coefficient (Wildman–Crippen LogP) is 5.79. The smallest absolute Gasteiger partial charge is 0.207 e. The Bertz CT molecular complexity index is 1040. The minimum atomic E-state index is -0.906. The standard InChI is InChI=1S/C29H32Cl2N2O2/c30-26-18-25(19-27(31)20-26)29(35)13-16-33(17-14-29)15-7-12-28(21-32-22-34,23-8-3-1-4-9-23)24-10-5-2-6-11-24/h1-6,8-11,18-20,22,35H,7,12-17,21H2,(H,32,34). The molecule has 1 amide bonds. The maximum atomic E-state index is 11.3. The van der Waals surface area contributed by atoms with E-state index in [-0.39, 0.29) is 5.41 Å². The number of aliphatic hydroxyl groups is 1. The number of carbonyl (C=O) groups excluding carboxylic acids is 1. The van der Waals surface area contributed by atoms with Crippen LogP contribution < -0.4 is 5.32 Å². The summed E-state index contributed by atoms with van der Waals surface area (Å²) in [5, 5.41) is 15.3. The maximum Gasteiger partial charge on any atom is 0.207 e. The fourth-order valence-corrected chi connectivity index (χ4v) is 5.87. The normalized spacial score (nSPS) is 16.1. The van der Waals surface area contributed by atoms with Gasteiger partial charge in [0.2, 0.25) is 6.41 Å². The second-order valence-corrected chi connectivity index (χ2v) is 10.3. The molecule has 35 heavy (non-hydrogen) atoms. The van der Waals surface area contributed by atoms with Crippen LogP contribution in [0.3, 0.4) is 0 Å². The first-order chi connectivity index (χ1) is 16.9. The van der Waals surface area contributed by atoms with Crippen molar-refractivity contribution >= 4 is 29.6 Å². The Balaban J connectivity index is 1.45. The van der Waals surface area contributed by atoms with Gasteiger partial charge in [0, 0.05) is 35.1 Å². The predicted molar refractivity (Wildman–Crippen MR) is 143 cm³/mol. The second-order valence-electron chi connectivity index (χ2n) is 9.45. The highest BCUT2D eigenvalue weighted by Gasteiger charge is 2.36. The molecular weight excluding hydrogens is 479 g/mol.